The molecular weight excluding hydrogens is 432 g/mol. The molecule has 0 amide bonds. The summed E-state index contributed by atoms with van der Waals surface area (Å²) in [6, 6.07) is 39.3. The van der Waals surface area contributed by atoms with Crippen molar-refractivity contribution in [3.63, 3.8) is 0 Å². The summed E-state index contributed by atoms with van der Waals surface area (Å²) >= 11 is 0. The fourth-order valence-corrected chi connectivity index (χ4v) is 7.17. The van der Waals surface area contributed by atoms with Gasteiger partial charge in [0.2, 0.25) is 0 Å². The second-order valence-electron chi connectivity index (χ2n) is 10.8. The molecule has 0 saturated carbocycles. The van der Waals surface area contributed by atoms with Gasteiger partial charge in [0.25, 0.3) is 0 Å². The van der Waals surface area contributed by atoms with Gasteiger partial charge in [0.15, 0.2) is 0 Å². The molecule has 5 aromatic carbocycles. The normalized spacial score (nSPS) is 14.2. The van der Waals surface area contributed by atoms with Crippen molar-refractivity contribution in [2.24, 2.45) is 0 Å². The summed E-state index contributed by atoms with van der Waals surface area (Å²) in [4.78, 5) is 0. The van der Waals surface area contributed by atoms with Crippen molar-refractivity contribution in [1.82, 2.24) is 0 Å². The number of aryl methyl sites for hydroxylation is 3. The molecule has 0 saturated heterocycles. The third kappa shape index (κ3) is 2.94. The van der Waals surface area contributed by atoms with E-state index in [1.807, 2.05) is 0 Å². The Morgan fingerprint density at radius 3 is 1.92 bits per heavy atom. The Balaban J connectivity index is 1.55. The van der Waals surface area contributed by atoms with Crippen LogP contribution in [0.15, 0.2) is 103 Å². The SMILES string of the molecule is Cc1cc(C)cc(Cc2ccc3c(c2)C2(c4ccccc4Cc4ccccc42)c2c(C)cccc2-3)c1. The highest BCUT2D eigenvalue weighted by Crippen LogP contribution is 2.60. The molecular formula is C36H30. The zero-order valence-electron chi connectivity index (χ0n) is 21.2. The van der Waals surface area contributed by atoms with Crippen LogP contribution in [0.1, 0.15) is 61.2 Å². The average Bonchev–Trinajstić information content (AvgIpc) is 3.15. The molecule has 0 fully saturated rings. The standard InChI is InChI=1S/C36H30/c1-23-17-24(2)19-27(18-23)20-26-15-16-30-31-12-8-9-25(3)35(31)36(34(30)21-26)32-13-6-4-10-28(32)22-29-11-5-7-14-33(29)36/h4-19,21H,20,22H2,1-3H3. The van der Waals surface area contributed by atoms with Crippen LogP contribution >= 0.6 is 0 Å². The molecule has 0 aliphatic heterocycles. The van der Waals surface area contributed by atoms with Gasteiger partial charge in [-0.05, 0) is 94.8 Å². The quantitative estimate of drug-likeness (QED) is 0.242. The average molecular weight is 463 g/mol. The van der Waals surface area contributed by atoms with E-state index >= 15 is 0 Å². The lowest BCUT2D eigenvalue weighted by molar-refractivity contribution is 0.716. The van der Waals surface area contributed by atoms with Crippen molar-refractivity contribution in [2.75, 3.05) is 0 Å². The summed E-state index contributed by atoms with van der Waals surface area (Å²) in [6.07, 6.45) is 1.94. The molecule has 0 nitrogen and oxygen atoms in total. The third-order valence-corrected chi connectivity index (χ3v) is 8.34. The fourth-order valence-electron chi connectivity index (χ4n) is 7.17. The molecule has 0 unspecified atom stereocenters. The van der Waals surface area contributed by atoms with Gasteiger partial charge in [-0.2, -0.15) is 0 Å². The Hall–Kier alpha value is -3.90. The highest BCUT2D eigenvalue weighted by molar-refractivity contribution is 5.89. The highest BCUT2D eigenvalue weighted by Gasteiger charge is 2.50. The monoisotopic (exact) mass is 462 g/mol. The molecule has 0 atom stereocenters. The Labute approximate surface area is 214 Å². The van der Waals surface area contributed by atoms with E-state index in [4.69, 9.17) is 0 Å². The number of rotatable bonds is 2. The van der Waals surface area contributed by atoms with Gasteiger partial charge in [-0.1, -0.05) is 114 Å². The van der Waals surface area contributed by atoms with E-state index in [1.54, 1.807) is 0 Å². The third-order valence-electron chi connectivity index (χ3n) is 8.34. The maximum absolute atomic E-state index is 2.52. The van der Waals surface area contributed by atoms with E-state index in [9.17, 15) is 0 Å². The van der Waals surface area contributed by atoms with Crippen LogP contribution in [0.3, 0.4) is 0 Å². The number of fused-ring (bicyclic) bond motifs is 9. The predicted molar refractivity (Wildman–Crippen MR) is 150 cm³/mol. The maximum atomic E-state index is 2.52. The van der Waals surface area contributed by atoms with Crippen molar-refractivity contribution < 1.29 is 0 Å². The molecule has 7 rings (SSSR count). The maximum Gasteiger partial charge on any atom is 0.0721 e. The van der Waals surface area contributed by atoms with Crippen molar-refractivity contribution in [3.05, 3.63) is 164 Å². The van der Waals surface area contributed by atoms with E-state index in [1.165, 1.54) is 72.3 Å². The highest BCUT2D eigenvalue weighted by atomic mass is 14.5. The molecule has 174 valence electrons. The lowest BCUT2D eigenvalue weighted by Gasteiger charge is -2.41. The first-order valence-electron chi connectivity index (χ1n) is 13.0. The number of benzene rings is 5. The molecule has 0 aromatic heterocycles. The fraction of sp³-hybridized carbons (Fsp3) is 0.167. The minimum Gasteiger partial charge on any atom is -0.0620 e. The smallest absolute Gasteiger partial charge is 0.0620 e. The van der Waals surface area contributed by atoms with Gasteiger partial charge in [-0.25, -0.2) is 0 Å². The molecule has 1 spiro atoms. The Bertz CT molecular complexity index is 1600. The Morgan fingerprint density at radius 2 is 1.22 bits per heavy atom. The first kappa shape index (κ1) is 21.4. The van der Waals surface area contributed by atoms with Gasteiger partial charge in [-0.15, -0.1) is 0 Å². The van der Waals surface area contributed by atoms with E-state index in [2.05, 4.69) is 124 Å². The van der Waals surface area contributed by atoms with Gasteiger partial charge < -0.3 is 0 Å². The molecule has 0 radical (unpaired) electrons. The van der Waals surface area contributed by atoms with Crippen molar-refractivity contribution in [2.45, 2.75) is 39.0 Å². The van der Waals surface area contributed by atoms with E-state index in [-0.39, 0.29) is 5.41 Å². The zero-order chi connectivity index (χ0) is 24.4. The summed E-state index contributed by atoms with van der Waals surface area (Å²) in [5.41, 5.74) is 18.0. The zero-order valence-corrected chi connectivity index (χ0v) is 21.2. The lowest BCUT2D eigenvalue weighted by atomic mass is 9.61. The summed E-state index contributed by atoms with van der Waals surface area (Å²) in [7, 11) is 0. The van der Waals surface area contributed by atoms with Crippen LogP contribution < -0.4 is 0 Å². The Morgan fingerprint density at radius 1 is 0.556 bits per heavy atom. The first-order valence-corrected chi connectivity index (χ1v) is 13.0. The summed E-state index contributed by atoms with van der Waals surface area (Å²) in [6.45, 7) is 6.69. The van der Waals surface area contributed by atoms with Gasteiger partial charge in [0.05, 0.1) is 5.41 Å². The minimum atomic E-state index is -0.278. The second-order valence-corrected chi connectivity index (χ2v) is 10.8. The van der Waals surface area contributed by atoms with Gasteiger partial charge in [0.1, 0.15) is 0 Å². The predicted octanol–water partition coefficient (Wildman–Crippen LogP) is 8.47. The van der Waals surface area contributed by atoms with E-state index in [0.29, 0.717) is 0 Å². The van der Waals surface area contributed by atoms with Crippen molar-refractivity contribution in [1.29, 1.82) is 0 Å². The van der Waals surface area contributed by atoms with Crippen LogP contribution in [0.2, 0.25) is 0 Å². The summed E-state index contributed by atoms with van der Waals surface area (Å²) < 4.78 is 0. The summed E-state index contributed by atoms with van der Waals surface area (Å²) in [5, 5.41) is 0. The largest absolute Gasteiger partial charge is 0.0721 e. The van der Waals surface area contributed by atoms with Crippen LogP contribution in [0.5, 0.6) is 0 Å². The van der Waals surface area contributed by atoms with Crippen LogP contribution in [0, 0.1) is 20.8 Å². The van der Waals surface area contributed by atoms with Gasteiger partial charge in [-0.3, -0.25) is 0 Å². The molecule has 0 bridgehead atoms. The van der Waals surface area contributed by atoms with Crippen LogP contribution in [-0.4, -0.2) is 0 Å². The van der Waals surface area contributed by atoms with Gasteiger partial charge >= 0.3 is 0 Å². The van der Waals surface area contributed by atoms with Crippen LogP contribution in [0.4, 0.5) is 0 Å². The van der Waals surface area contributed by atoms with E-state index in [0.717, 1.165) is 12.8 Å². The van der Waals surface area contributed by atoms with E-state index < -0.39 is 0 Å². The van der Waals surface area contributed by atoms with Crippen LogP contribution in [0.25, 0.3) is 11.1 Å². The number of hydrogen-bond acceptors (Lipinski definition) is 0. The molecule has 2 aliphatic rings. The molecule has 0 heteroatoms. The lowest BCUT2D eigenvalue weighted by Crippen LogP contribution is -2.34. The molecule has 5 aromatic rings. The van der Waals surface area contributed by atoms with Crippen LogP contribution in [-0.2, 0) is 18.3 Å². The minimum absolute atomic E-state index is 0.278. The number of hydrogen-bond donors (Lipinski definition) is 0. The molecule has 0 N–H and O–H groups in total. The molecule has 2 aliphatic carbocycles. The molecule has 0 heterocycles. The first-order chi connectivity index (χ1) is 17.6. The topological polar surface area (TPSA) is 0 Å². The second kappa shape index (κ2) is 7.80. The molecule has 36 heavy (non-hydrogen) atoms. The Kier molecular flexibility index (Phi) is 4.63. The van der Waals surface area contributed by atoms with Gasteiger partial charge in [0, 0.05) is 0 Å². The summed E-state index contributed by atoms with van der Waals surface area (Å²) in [5.74, 6) is 0. The van der Waals surface area contributed by atoms with Crippen molar-refractivity contribution >= 4 is 0 Å². The van der Waals surface area contributed by atoms with Crippen molar-refractivity contribution in [3.8, 4) is 11.1 Å².